The van der Waals surface area contributed by atoms with Crippen molar-refractivity contribution in [1.29, 1.82) is 0 Å². The van der Waals surface area contributed by atoms with Crippen LogP contribution in [0.2, 0.25) is 0 Å². The zero-order valence-electron chi connectivity index (χ0n) is 15.0. The van der Waals surface area contributed by atoms with Gasteiger partial charge in [0.25, 0.3) is 5.91 Å². The summed E-state index contributed by atoms with van der Waals surface area (Å²) in [7, 11) is 0. The highest BCUT2D eigenvalue weighted by Crippen LogP contribution is 2.29. The van der Waals surface area contributed by atoms with Gasteiger partial charge in [0, 0.05) is 26.2 Å². The van der Waals surface area contributed by atoms with Crippen LogP contribution in [0.4, 0.5) is 0 Å². The summed E-state index contributed by atoms with van der Waals surface area (Å²) in [6.07, 6.45) is 0. The molecule has 0 unspecified atom stereocenters. The Morgan fingerprint density at radius 3 is 2.46 bits per heavy atom. The molecule has 0 bridgehead atoms. The van der Waals surface area contributed by atoms with E-state index in [2.05, 4.69) is 24.4 Å². The van der Waals surface area contributed by atoms with Crippen molar-refractivity contribution >= 4 is 18.3 Å². The first kappa shape index (κ1) is 18.7. The van der Waals surface area contributed by atoms with E-state index in [-0.39, 0.29) is 18.3 Å². The van der Waals surface area contributed by atoms with Gasteiger partial charge in [0.2, 0.25) is 0 Å². The summed E-state index contributed by atoms with van der Waals surface area (Å²) in [5.41, 5.74) is 3.02. The lowest BCUT2D eigenvalue weighted by Gasteiger charge is -2.19. The average molecular weight is 373 g/mol. The van der Waals surface area contributed by atoms with Crippen molar-refractivity contribution in [2.24, 2.45) is 11.8 Å². The van der Waals surface area contributed by atoms with E-state index in [1.807, 2.05) is 41.3 Å². The van der Waals surface area contributed by atoms with Gasteiger partial charge in [0.1, 0.15) is 12.4 Å². The second kappa shape index (κ2) is 8.11. The van der Waals surface area contributed by atoms with Gasteiger partial charge in [0.05, 0.1) is 5.56 Å². The fourth-order valence-corrected chi connectivity index (χ4v) is 3.89. The highest BCUT2D eigenvalue weighted by molar-refractivity contribution is 5.97. The Balaban J connectivity index is 0.00000196. The third kappa shape index (κ3) is 3.71. The number of benzene rings is 2. The number of carbonyl (C=O) groups is 1. The molecule has 1 N–H and O–H groups in total. The van der Waals surface area contributed by atoms with Crippen LogP contribution in [-0.2, 0) is 6.61 Å². The van der Waals surface area contributed by atoms with Gasteiger partial charge in [-0.05, 0) is 42.0 Å². The number of halogens is 1. The summed E-state index contributed by atoms with van der Waals surface area (Å²) in [5, 5.41) is 3.42. The maximum Gasteiger partial charge on any atom is 0.257 e. The standard InChI is InChI=1S/C21H24N2O2.ClH/c1-15-6-2-3-7-16(15)14-25-20-9-5-4-8-19(20)21(24)23-12-17-10-22-11-18(17)13-23;/h2-9,17-18,22H,10-14H2,1H3;1H/t17-,18+;. The van der Waals surface area contributed by atoms with E-state index in [9.17, 15) is 4.79 Å². The van der Waals surface area contributed by atoms with E-state index in [1.54, 1.807) is 0 Å². The first-order chi connectivity index (χ1) is 12.2. The number of nitrogens with one attached hydrogen (secondary N) is 1. The van der Waals surface area contributed by atoms with E-state index in [0.717, 1.165) is 31.7 Å². The van der Waals surface area contributed by atoms with Gasteiger partial charge >= 0.3 is 0 Å². The second-order valence-corrected chi connectivity index (χ2v) is 7.10. The maximum absolute atomic E-state index is 13.0. The summed E-state index contributed by atoms with van der Waals surface area (Å²) in [6.45, 7) is 6.31. The molecule has 4 rings (SSSR count). The van der Waals surface area contributed by atoms with E-state index in [4.69, 9.17) is 4.74 Å². The summed E-state index contributed by atoms with van der Waals surface area (Å²) in [6, 6.07) is 15.8. The number of fused-ring (bicyclic) bond motifs is 1. The molecular formula is C21H25ClN2O2. The molecule has 1 amide bonds. The minimum Gasteiger partial charge on any atom is -0.488 e. The molecular weight excluding hydrogens is 348 g/mol. The molecule has 2 aromatic rings. The van der Waals surface area contributed by atoms with Crippen molar-refractivity contribution in [3.8, 4) is 5.75 Å². The van der Waals surface area contributed by atoms with Crippen LogP contribution in [0.3, 0.4) is 0 Å². The van der Waals surface area contributed by atoms with Gasteiger partial charge < -0.3 is 15.0 Å². The van der Waals surface area contributed by atoms with E-state index >= 15 is 0 Å². The largest absolute Gasteiger partial charge is 0.488 e. The zero-order chi connectivity index (χ0) is 17.2. The SMILES string of the molecule is Cc1ccccc1COc1ccccc1C(=O)N1C[C@H]2CNC[C@H]2C1.Cl. The number of aryl methyl sites for hydroxylation is 1. The molecule has 2 aliphatic heterocycles. The topological polar surface area (TPSA) is 41.6 Å². The van der Waals surface area contributed by atoms with Crippen LogP contribution in [0, 0.1) is 18.8 Å². The van der Waals surface area contributed by atoms with Crippen molar-refractivity contribution in [1.82, 2.24) is 10.2 Å². The normalized spacial score (nSPS) is 21.2. The summed E-state index contributed by atoms with van der Waals surface area (Å²) in [5.74, 6) is 1.97. The highest BCUT2D eigenvalue weighted by atomic mass is 35.5. The second-order valence-electron chi connectivity index (χ2n) is 7.10. The summed E-state index contributed by atoms with van der Waals surface area (Å²) >= 11 is 0. The Bertz CT molecular complexity index is 768. The number of carbonyl (C=O) groups excluding carboxylic acids is 1. The van der Waals surface area contributed by atoms with E-state index in [1.165, 1.54) is 5.56 Å². The maximum atomic E-state index is 13.0. The number of hydrogen-bond acceptors (Lipinski definition) is 3. The number of nitrogens with zero attached hydrogens (tertiary/aromatic N) is 1. The predicted molar refractivity (Wildman–Crippen MR) is 105 cm³/mol. The first-order valence-corrected chi connectivity index (χ1v) is 8.98. The number of para-hydroxylation sites is 1. The van der Waals surface area contributed by atoms with Crippen molar-refractivity contribution < 1.29 is 9.53 Å². The lowest BCUT2D eigenvalue weighted by atomic mass is 10.0. The Labute approximate surface area is 160 Å². The minimum absolute atomic E-state index is 0. The summed E-state index contributed by atoms with van der Waals surface area (Å²) in [4.78, 5) is 15.0. The number of likely N-dealkylation sites (tertiary alicyclic amines) is 1. The predicted octanol–water partition coefficient (Wildman–Crippen LogP) is 3.29. The molecule has 0 aliphatic carbocycles. The number of amides is 1. The highest BCUT2D eigenvalue weighted by Gasteiger charge is 2.38. The molecule has 2 aromatic carbocycles. The molecule has 4 nitrogen and oxygen atoms in total. The van der Waals surface area contributed by atoms with Gasteiger partial charge in [-0.1, -0.05) is 36.4 Å². The van der Waals surface area contributed by atoms with Crippen LogP contribution < -0.4 is 10.1 Å². The van der Waals surface area contributed by atoms with Crippen LogP contribution >= 0.6 is 12.4 Å². The van der Waals surface area contributed by atoms with Gasteiger partial charge in [-0.15, -0.1) is 12.4 Å². The first-order valence-electron chi connectivity index (χ1n) is 8.98. The molecule has 2 saturated heterocycles. The number of ether oxygens (including phenoxy) is 1. The molecule has 2 fully saturated rings. The van der Waals surface area contributed by atoms with E-state index < -0.39 is 0 Å². The van der Waals surface area contributed by atoms with Crippen molar-refractivity contribution in [3.05, 3.63) is 65.2 Å². The Kier molecular flexibility index (Phi) is 5.84. The van der Waals surface area contributed by atoms with Crippen LogP contribution in [0.1, 0.15) is 21.5 Å². The monoisotopic (exact) mass is 372 g/mol. The molecule has 0 radical (unpaired) electrons. The number of hydrogen-bond donors (Lipinski definition) is 1. The molecule has 0 saturated carbocycles. The average Bonchev–Trinajstić information content (AvgIpc) is 3.23. The van der Waals surface area contributed by atoms with Crippen molar-refractivity contribution in [2.75, 3.05) is 26.2 Å². The van der Waals surface area contributed by atoms with Crippen molar-refractivity contribution in [2.45, 2.75) is 13.5 Å². The van der Waals surface area contributed by atoms with Gasteiger partial charge in [0.15, 0.2) is 0 Å². The molecule has 0 spiro atoms. The molecule has 138 valence electrons. The smallest absolute Gasteiger partial charge is 0.257 e. The van der Waals surface area contributed by atoms with Crippen LogP contribution in [0.25, 0.3) is 0 Å². The Hall–Kier alpha value is -2.04. The van der Waals surface area contributed by atoms with Gasteiger partial charge in [-0.25, -0.2) is 0 Å². The minimum atomic E-state index is 0. The van der Waals surface area contributed by atoms with E-state index in [0.29, 0.717) is 29.8 Å². The fraction of sp³-hybridized carbons (Fsp3) is 0.381. The molecule has 5 heteroatoms. The number of rotatable bonds is 4. The third-order valence-corrected chi connectivity index (χ3v) is 5.44. The molecule has 2 heterocycles. The molecule has 26 heavy (non-hydrogen) atoms. The quantitative estimate of drug-likeness (QED) is 0.895. The van der Waals surface area contributed by atoms with Gasteiger partial charge in [-0.2, -0.15) is 0 Å². The van der Waals surface area contributed by atoms with Crippen molar-refractivity contribution in [3.63, 3.8) is 0 Å². The van der Waals surface area contributed by atoms with Crippen LogP contribution in [0.5, 0.6) is 5.75 Å². The molecule has 0 aromatic heterocycles. The van der Waals surface area contributed by atoms with Crippen LogP contribution in [-0.4, -0.2) is 37.0 Å². The summed E-state index contributed by atoms with van der Waals surface area (Å²) < 4.78 is 6.02. The lowest BCUT2D eigenvalue weighted by molar-refractivity contribution is 0.0777. The third-order valence-electron chi connectivity index (χ3n) is 5.44. The lowest BCUT2D eigenvalue weighted by Crippen LogP contribution is -2.32. The zero-order valence-corrected chi connectivity index (χ0v) is 15.8. The van der Waals surface area contributed by atoms with Gasteiger partial charge in [-0.3, -0.25) is 4.79 Å². The van der Waals surface area contributed by atoms with Crippen LogP contribution in [0.15, 0.2) is 48.5 Å². The molecule has 2 atom stereocenters. The fourth-order valence-electron chi connectivity index (χ4n) is 3.89. The Morgan fingerprint density at radius 2 is 1.73 bits per heavy atom. The Morgan fingerprint density at radius 1 is 1.08 bits per heavy atom. The molecule has 2 aliphatic rings.